The van der Waals surface area contributed by atoms with E-state index in [0.717, 1.165) is 0 Å². The van der Waals surface area contributed by atoms with Crippen molar-refractivity contribution in [2.75, 3.05) is 7.05 Å². The molecule has 2 atom stereocenters. The van der Waals surface area contributed by atoms with Crippen LogP contribution < -0.4 is 5.32 Å². The van der Waals surface area contributed by atoms with Crippen LogP contribution in [-0.2, 0) is 9.59 Å². The molecule has 0 spiro atoms. The first-order valence-corrected chi connectivity index (χ1v) is 7.35. The van der Waals surface area contributed by atoms with Crippen LogP contribution in [0.5, 0.6) is 0 Å². The van der Waals surface area contributed by atoms with Crippen LogP contribution in [0.25, 0.3) is 0 Å². The SMILES string of the molecule is Cc1cc(C(C)NC2CCC(=O)N(C)C2=O)c(C)s1. The van der Waals surface area contributed by atoms with Crippen LogP contribution in [0.3, 0.4) is 0 Å². The number of carbonyl (C=O) groups is 2. The Bertz CT molecular complexity index is 510. The minimum absolute atomic E-state index is 0.0849. The third kappa shape index (κ3) is 2.87. The number of hydrogen-bond donors (Lipinski definition) is 1. The van der Waals surface area contributed by atoms with Crippen molar-refractivity contribution in [2.24, 2.45) is 0 Å². The first-order valence-electron chi connectivity index (χ1n) is 6.53. The molecule has 1 aliphatic heterocycles. The minimum atomic E-state index is -0.252. The average molecular weight is 280 g/mol. The van der Waals surface area contributed by atoms with Gasteiger partial charge in [0.05, 0.1) is 6.04 Å². The van der Waals surface area contributed by atoms with Crippen molar-refractivity contribution in [2.45, 2.75) is 45.7 Å². The average Bonchev–Trinajstić information content (AvgIpc) is 2.69. The van der Waals surface area contributed by atoms with E-state index in [1.165, 1.54) is 20.2 Å². The van der Waals surface area contributed by atoms with Crippen LogP contribution >= 0.6 is 11.3 Å². The normalized spacial score (nSPS) is 21.9. The third-order valence-electron chi connectivity index (χ3n) is 3.65. The molecular weight excluding hydrogens is 260 g/mol. The van der Waals surface area contributed by atoms with E-state index in [0.29, 0.717) is 12.8 Å². The van der Waals surface area contributed by atoms with Gasteiger partial charge in [-0.2, -0.15) is 0 Å². The second-order valence-corrected chi connectivity index (χ2v) is 6.60. The molecule has 5 heteroatoms. The highest BCUT2D eigenvalue weighted by molar-refractivity contribution is 7.12. The number of nitrogens with zero attached hydrogens (tertiary/aromatic N) is 1. The Morgan fingerprint density at radius 2 is 2.11 bits per heavy atom. The van der Waals surface area contributed by atoms with Gasteiger partial charge in [-0.05, 0) is 38.8 Å². The Morgan fingerprint density at radius 3 is 2.68 bits per heavy atom. The molecular formula is C14H20N2O2S. The van der Waals surface area contributed by atoms with Crippen LogP contribution in [0.4, 0.5) is 0 Å². The highest BCUT2D eigenvalue weighted by Crippen LogP contribution is 2.27. The van der Waals surface area contributed by atoms with Crippen molar-refractivity contribution in [1.29, 1.82) is 0 Å². The van der Waals surface area contributed by atoms with E-state index in [2.05, 4.69) is 32.2 Å². The number of rotatable bonds is 3. The summed E-state index contributed by atoms with van der Waals surface area (Å²) < 4.78 is 0. The summed E-state index contributed by atoms with van der Waals surface area (Å²) in [6.45, 7) is 6.26. The number of piperidine rings is 1. The van der Waals surface area contributed by atoms with Gasteiger partial charge in [-0.25, -0.2) is 0 Å². The molecule has 0 aliphatic carbocycles. The number of aryl methyl sites for hydroxylation is 2. The summed E-state index contributed by atoms with van der Waals surface area (Å²) >= 11 is 1.77. The van der Waals surface area contributed by atoms with Gasteiger partial charge in [0.25, 0.3) is 0 Å². The first-order chi connectivity index (χ1) is 8.90. The van der Waals surface area contributed by atoms with E-state index >= 15 is 0 Å². The fourth-order valence-electron chi connectivity index (χ4n) is 2.54. The van der Waals surface area contributed by atoms with E-state index in [4.69, 9.17) is 0 Å². The lowest BCUT2D eigenvalue weighted by Crippen LogP contribution is -2.51. The topological polar surface area (TPSA) is 49.4 Å². The van der Waals surface area contributed by atoms with Crippen LogP contribution in [0.2, 0.25) is 0 Å². The lowest BCUT2D eigenvalue weighted by atomic mass is 10.0. The van der Waals surface area contributed by atoms with Crippen molar-refractivity contribution in [3.63, 3.8) is 0 Å². The highest BCUT2D eigenvalue weighted by Gasteiger charge is 2.32. The predicted molar refractivity (Wildman–Crippen MR) is 76.1 cm³/mol. The molecule has 2 amide bonds. The summed E-state index contributed by atoms with van der Waals surface area (Å²) in [4.78, 5) is 27.3. The van der Waals surface area contributed by atoms with Gasteiger partial charge in [0.15, 0.2) is 0 Å². The summed E-state index contributed by atoms with van der Waals surface area (Å²) in [7, 11) is 1.56. The molecule has 1 fully saturated rings. The van der Waals surface area contributed by atoms with E-state index in [-0.39, 0.29) is 23.9 Å². The number of nitrogens with one attached hydrogen (secondary N) is 1. The van der Waals surface area contributed by atoms with Gasteiger partial charge in [0, 0.05) is 29.3 Å². The molecule has 1 saturated heterocycles. The van der Waals surface area contributed by atoms with E-state index in [9.17, 15) is 9.59 Å². The summed E-state index contributed by atoms with van der Waals surface area (Å²) in [5.41, 5.74) is 1.25. The van der Waals surface area contributed by atoms with Gasteiger partial charge >= 0.3 is 0 Å². The lowest BCUT2D eigenvalue weighted by Gasteiger charge is -2.30. The van der Waals surface area contributed by atoms with Crippen molar-refractivity contribution >= 4 is 23.2 Å². The Hall–Kier alpha value is -1.20. The first kappa shape index (κ1) is 14.2. The maximum absolute atomic E-state index is 12.0. The molecule has 19 heavy (non-hydrogen) atoms. The zero-order valence-electron chi connectivity index (χ0n) is 11.8. The quantitative estimate of drug-likeness (QED) is 0.863. The number of likely N-dealkylation sites (tertiary alicyclic amines) is 1. The molecule has 104 valence electrons. The van der Waals surface area contributed by atoms with Crippen molar-refractivity contribution in [3.8, 4) is 0 Å². The van der Waals surface area contributed by atoms with Crippen molar-refractivity contribution < 1.29 is 9.59 Å². The molecule has 1 aromatic heterocycles. The third-order valence-corrected chi connectivity index (χ3v) is 4.63. The number of thiophene rings is 1. The fourth-order valence-corrected chi connectivity index (χ4v) is 3.56. The van der Waals surface area contributed by atoms with Crippen molar-refractivity contribution in [1.82, 2.24) is 10.2 Å². The van der Waals surface area contributed by atoms with Gasteiger partial charge in [0.2, 0.25) is 11.8 Å². The largest absolute Gasteiger partial charge is 0.299 e. The Kier molecular flexibility index (Phi) is 4.06. The van der Waals surface area contributed by atoms with Gasteiger partial charge < -0.3 is 0 Å². The zero-order valence-corrected chi connectivity index (χ0v) is 12.6. The Labute approximate surface area is 117 Å². The highest BCUT2D eigenvalue weighted by atomic mass is 32.1. The molecule has 0 radical (unpaired) electrons. The minimum Gasteiger partial charge on any atom is -0.299 e. The summed E-state index contributed by atoms with van der Waals surface area (Å²) in [5.74, 6) is -0.203. The molecule has 2 heterocycles. The van der Waals surface area contributed by atoms with Gasteiger partial charge in [-0.1, -0.05) is 0 Å². The molecule has 1 aliphatic rings. The van der Waals surface area contributed by atoms with Gasteiger partial charge in [-0.15, -0.1) is 11.3 Å². The molecule has 1 aromatic rings. The molecule has 2 rings (SSSR count). The fraction of sp³-hybridized carbons (Fsp3) is 0.571. The van der Waals surface area contributed by atoms with Crippen LogP contribution in [0.15, 0.2) is 6.07 Å². The van der Waals surface area contributed by atoms with Crippen LogP contribution in [0, 0.1) is 13.8 Å². The van der Waals surface area contributed by atoms with Crippen LogP contribution in [0.1, 0.15) is 41.1 Å². The smallest absolute Gasteiger partial charge is 0.246 e. The second kappa shape index (κ2) is 5.43. The molecule has 0 saturated carbocycles. The summed E-state index contributed by atoms with van der Waals surface area (Å²) in [5, 5.41) is 3.35. The molecule has 4 nitrogen and oxygen atoms in total. The van der Waals surface area contributed by atoms with E-state index in [1.807, 2.05) is 0 Å². The monoisotopic (exact) mass is 280 g/mol. The summed E-state index contributed by atoms with van der Waals surface area (Å²) in [6.07, 6.45) is 1.03. The summed E-state index contributed by atoms with van der Waals surface area (Å²) in [6, 6.07) is 2.04. The van der Waals surface area contributed by atoms with Gasteiger partial charge in [0.1, 0.15) is 0 Å². The van der Waals surface area contributed by atoms with Crippen molar-refractivity contribution in [3.05, 3.63) is 21.4 Å². The molecule has 0 bridgehead atoms. The Balaban J connectivity index is 2.07. The lowest BCUT2D eigenvalue weighted by molar-refractivity contribution is -0.148. The number of carbonyl (C=O) groups excluding carboxylic acids is 2. The predicted octanol–water partition coefficient (Wildman–Crippen LogP) is 2.16. The maximum Gasteiger partial charge on any atom is 0.246 e. The zero-order chi connectivity index (χ0) is 14.2. The molecule has 1 N–H and O–H groups in total. The standard InChI is InChI=1S/C14H20N2O2S/c1-8-7-11(10(3)19-8)9(2)15-12-5-6-13(17)16(4)14(12)18/h7,9,12,15H,5-6H2,1-4H3. The number of likely N-dealkylation sites (N-methyl/N-ethyl adjacent to an activating group) is 1. The number of imide groups is 1. The Morgan fingerprint density at radius 1 is 1.42 bits per heavy atom. The van der Waals surface area contributed by atoms with Crippen LogP contribution in [-0.4, -0.2) is 29.8 Å². The number of hydrogen-bond acceptors (Lipinski definition) is 4. The van der Waals surface area contributed by atoms with Gasteiger partial charge in [-0.3, -0.25) is 19.8 Å². The molecule has 2 unspecified atom stereocenters. The second-order valence-electron chi connectivity index (χ2n) is 5.14. The molecule has 0 aromatic carbocycles. The van der Waals surface area contributed by atoms with E-state index < -0.39 is 0 Å². The van der Waals surface area contributed by atoms with E-state index in [1.54, 1.807) is 18.4 Å². The number of amides is 2. The maximum atomic E-state index is 12.0.